The van der Waals surface area contributed by atoms with Crippen molar-refractivity contribution in [3.8, 4) is 0 Å². The summed E-state index contributed by atoms with van der Waals surface area (Å²) in [5.74, 6) is -0.144. The van der Waals surface area contributed by atoms with Crippen LogP contribution in [0, 0.1) is 0 Å². The Labute approximate surface area is 169 Å². The monoisotopic (exact) mass is 405 g/mol. The Hall–Kier alpha value is -1.85. The molecule has 1 fully saturated rings. The van der Waals surface area contributed by atoms with Crippen molar-refractivity contribution in [1.82, 2.24) is 5.32 Å². The van der Waals surface area contributed by atoms with Gasteiger partial charge in [-0.3, -0.25) is 4.79 Å². The van der Waals surface area contributed by atoms with Gasteiger partial charge in [-0.2, -0.15) is 0 Å². The molecule has 0 saturated carbocycles. The maximum absolute atomic E-state index is 12.2. The van der Waals surface area contributed by atoms with Gasteiger partial charge in [-0.05, 0) is 29.3 Å². The third-order valence-corrected chi connectivity index (χ3v) is 5.32. The van der Waals surface area contributed by atoms with Crippen LogP contribution in [-0.2, 0) is 22.6 Å². The number of carbonyl (C=O) groups is 1. The van der Waals surface area contributed by atoms with Crippen molar-refractivity contribution in [1.29, 1.82) is 0 Å². The largest absolute Gasteiger partial charge is 0.370 e. The van der Waals surface area contributed by atoms with Gasteiger partial charge in [-0.1, -0.05) is 53.5 Å². The van der Waals surface area contributed by atoms with Gasteiger partial charge in [0.15, 0.2) is 0 Å². The zero-order valence-electron chi connectivity index (χ0n) is 15.0. The smallest absolute Gasteiger partial charge is 0.244 e. The fourth-order valence-electron chi connectivity index (χ4n) is 3.04. The highest BCUT2D eigenvalue weighted by Crippen LogP contribution is 2.23. The minimum Gasteiger partial charge on any atom is -0.370 e. The molecule has 2 aromatic rings. The molecule has 0 radical (unpaired) electrons. The van der Waals surface area contributed by atoms with Gasteiger partial charge in [0.25, 0.3) is 0 Å². The normalized spacial score (nSPS) is 15.2. The lowest BCUT2D eigenvalue weighted by Gasteiger charge is -2.24. The SMILES string of the molecule is O=C(/C=C/c1ccc(Cl)c(Cl)c1)NCc1ccccc1C[NH+]1CCOCC1. The van der Waals surface area contributed by atoms with Crippen molar-refractivity contribution in [3.63, 3.8) is 0 Å². The van der Waals surface area contributed by atoms with E-state index >= 15 is 0 Å². The second kappa shape index (κ2) is 9.90. The van der Waals surface area contributed by atoms with Gasteiger partial charge >= 0.3 is 0 Å². The first-order valence-corrected chi connectivity index (χ1v) is 9.76. The lowest BCUT2D eigenvalue weighted by Crippen LogP contribution is -3.12. The molecule has 1 aliphatic rings. The summed E-state index contributed by atoms with van der Waals surface area (Å²) in [4.78, 5) is 13.7. The van der Waals surface area contributed by atoms with Gasteiger partial charge in [0, 0.05) is 18.2 Å². The van der Waals surface area contributed by atoms with Gasteiger partial charge in [-0.15, -0.1) is 0 Å². The lowest BCUT2D eigenvalue weighted by atomic mass is 10.1. The molecule has 0 aromatic heterocycles. The molecule has 0 bridgehead atoms. The number of ether oxygens (including phenoxy) is 1. The predicted molar refractivity (Wildman–Crippen MR) is 109 cm³/mol. The Kier molecular flexibility index (Phi) is 7.30. The second-order valence-electron chi connectivity index (χ2n) is 6.53. The van der Waals surface area contributed by atoms with E-state index in [1.54, 1.807) is 18.2 Å². The molecule has 0 atom stereocenters. The summed E-state index contributed by atoms with van der Waals surface area (Å²) >= 11 is 11.9. The van der Waals surface area contributed by atoms with Gasteiger partial charge in [0.05, 0.1) is 23.3 Å². The Balaban J connectivity index is 1.56. The molecule has 142 valence electrons. The van der Waals surface area contributed by atoms with E-state index in [1.807, 2.05) is 18.2 Å². The molecule has 0 aliphatic carbocycles. The van der Waals surface area contributed by atoms with Crippen LogP contribution >= 0.6 is 23.2 Å². The number of benzene rings is 2. The first-order valence-electron chi connectivity index (χ1n) is 9.01. The summed E-state index contributed by atoms with van der Waals surface area (Å²) in [6, 6.07) is 13.5. The molecule has 6 heteroatoms. The summed E-state index contributed by atoms with van der Waals surface area (Å²) in [6.07, 6.45) is 3.23. The summed E-state index contributed by atoms with van der Waals surface area (Å²) in [5, 5.41) is 3.92. The zero-order chi connectivity index (χ0) is 19.1. The summed E-state index contributed by atoms with van der Waals surface area (Å²) < 4.78 is 5.42. The molecule has 4 nitrogen and oxygen atoms in total. The van der Waals surface area contributed by atoms with Crippen LogP contribution in [0.5, 0.6) is 0 Å². The zero-order valence-corrected chi connectivity index (χ0v) is 16.5. The van der Waals surface area contributed by atoms with Crippen LogP contribution in [0.4, 0.5) is 0 Å². The van der Waals surface area contributed by atoms with E-state index in [0.717, 1.165) is 44.0 Å². The molecule has 1 amide bonds. The number of quaternary nitrogens is 1. The third-order valence-electron chi connectivity index (χ3n) is 4.58. The number of carbonyl (C=O) groups excluding carboxylic acids is 1. The topological polar surface area (TPSA) is 42.8 Å². The van der Waals surface area contributed by atoms with Crippen molar-refractivity contribution < 1.29 is 14.4 Å². The molecule has 0 spiro atoms. The predicted octanol–water partition coefficient (Wildman–Crippen LogP) is 2.74. The van der Waals surface area contributed by atoms with E-state index in [1.165, 1.54) is 16.5 Å². The van der Waals surface area contributed by atoms with Gasteiger partial charge < -0.3 is 15.0 Å². The Bertz CT molecular complexity index is 818. The molecule has 1 aliphatic heterocycles. The van der Waals surface area contributed by atoms with Crippen molar-refractivity contribution in [2.24, 2.45) is 0 Å². The van der Waals surface area contributed by atoms with Crippen molar-refractivity contribution >= 4 is 35.2 Å². The minimum absolute atomic E-state index is 0.144. The lowest BCUT2D eigenvalue weighted by molar-refractivity contribution is -0.921. The number of halogens is 2. The number of amides is 1. The average Bonchev–Trinajstić information content (AvgIpc) is 2.69. The quantitative estimate of drug-likeness (QED) is 0.725. The summed E-state index contributed by atoms with van der Waals surface area (Å²) in [7, 11) is 0. The second-order valence-corrected chi connectivity index (χ2v) is 7.35. The highest BCUT2D eigenvalue weighted by Gasteiger charge is 2.15. The maximum atomic E-state index is 12.2. The van der Waals surface area contributed by atoms with Gasteiger partial charge in [0.2, 0.25) is 5.91 Å². The van der Waals surface area contributed by atoms with Crippen molar-refractivity contribution in [2.45, 2.75) is 13.1 Å². The van der Waals surface area contributed by atoms with E-state index in [9.17, 15) is 4.79 Å². The molecule has 3 rings (SSSR count). The molecule has 2 N–H and O–H groups in total. The Morgan fingerprint density at radius 3 is 2.56 bits per heavy atom. The number of nitrogens with one attached hydrogen (secondary N) is 2. The van der Waals surface area contributed by atoms with Gasteiger partial charge in [-0.25, -0.2) is 0 Å². The number of hydrogen-bond acceptors (Lipinski definition) is 2. The van der Waals surface area contributed by atoms with Crippen LogP contribution in [0.2, 0.25) is 10.0 Å². The molecule has 0 unspecified atom stereocenters. The number of hydrogen-bond donors (Lipinski definition) is 2. The van der Waals surface area contributed by atoms with Crippen LogP contribution in [-0.4, -0.2) is 32.2 Å². The van der Waals surface area contributed by atoms with Crippen LogP contribution in [0.25, 0.3) is 6.08 Å². The van der Waals surface area contributed by atoms with E-state index in [-0.39, 0.29) is 5.91 Å². The maximum Gasteiger partial charge on any atom is 0.244 e. The van der Waals surface area contributed by atoms with E-state index in [0.29, 0.717) is 16.6 Å². The Morgan fingerprint density at radius 1 is 1.07 bits per heavy atom. The molecular weight excluding hydrogens is 383 g/mol. The summed E-state index contributed by atoms with van der Waals surface area (Å²) in [5.41, 5.74) is 3.24. The summed E-state index contributed by atoms with van der Waals surface area (Å²) in [6.45, 7) is 5.13. The van der Waals surface area contributed by atoms with Crippen LogP contribution in [0.1, 0.15) is 16.7 Å². The third kappa shape index (κ3) is 6.08. The molecule has 1 heterocycles. The highest BCUT2D eigenvalue weighted by atomic mass is 35.5. The van der Waals surface area contributed by atoms with Crippen molar-refractivity contribution in [2.75, 3.05) is 26.3 Å². The number of rotatable bonds is 6. The van der Waals surface area contributed by atoms with E-state index in [2.05, 4.69) is 17.4 Å². The van der Waals surface area contributed by atoms with Gasteiger partial charge in [0.1, 0.15) is 19.6 Å². The first-order chi connectivity index (χ1) is 13.1. The molecule has 27 heavy (non-hydrogen) atoms. The first kappa shape index (κ1) is 19.9. The minimum atomic E-state index is -0.144. The molecular formula is C21H23Cl2N2O2+. The molecule has 2 aromatic carbocycles. The van der Waals surface area contributed by atoms with E-state index < -0.39 is 0 Å². The van der Waals surface area contributed by atoms with E-state index in [4.69, 9.17) is 27.9 Å². The fraction of sp³-hybridized carbons (Fsp3) is 0.286. The van der Waals surface area contributed by atoms with Crippen molar-refractivity contribution in [3.05, 3.63) is 75.3 Å². The van der Waals surface area contributed by atoms with Crippen LogP contribution in [0.3, 0.4) is 0 Å². The Morgan fingerprint density at radius 2 is 1.81 bits per heavy atom. The number of morpholine rings is 1. The molecule has 1 saturated heterocycles. The highest BCUT2D eigenvalue weighted by molar-refractivity contribution is 6.42. The van der Waals surface area contributed by atoms with Crippen LogP contribution < -0.4 is 10.2 Å². The fourth-order valence-corrected chi connectivity index (χ4v) is 3.34. The standard InChI is InChI=1S/C21H22Cl2N2O2/c22-19-7-5-16(13-20(19)23)6-8-21(26)24-14-17-3-1-2-4-18(17)15-25-9-11-27-12-10-25/h1-8,13H,9-12,14-15H2,(H,24,26)/p+1/b8-6+. The average molecular weight is 406 g/mol. The van der Waals surface area contributed by atoms with Crippen LogP contribution in [0.15, 0.2) is 48.5 Å².